The van der Waals surface area contributed by atoms with Gasteiger partial charge in [0.25, 0.3) is 0 Å². The van der Waals surface area contributed by atoms with Gasteiger partial charge in [-0.05, 0) is 49.8 Å². The lowest BCUT2D eigenvalue weighted by molar-refractivity contribution is -0.116. The minimum absolute atomic E-state index is 0.00546. The Labute approximate surface area is 90.5 Å². The maximum absolute atomic E-state index is 11.4. The van der Waals surface area contributed by atoms with Crippen molar-refractivity contribution in [3.63, 3.8) is 0 Å². The molecule has 0 amide bonds. The Kier molecular flexibility index (Phi) is 2.08. The van der Waals surface area contributed by atoms with Crippen molar-refractivity contribution in [3.8, 4) is 0 Å². The van der Waals surface area contributed by atoms with E-state index in [4.69, 9.17) is 11.6 Å². The van der Waals surface area contributed by atoms with Crippen LogP contribution < -0.4 is 0 Å². The van der Waals surface area contributed by atoms with Crippen LogP contribution in [0.5, 0.6) is 0 Å². The molecule has 14 heavy (non-hydrogen) atoms. The van der Waals surface area contributed by atoms with Crippen LogP contribution in [-0.2, 0) is 4.79 Å². The van der Waals surface area contributed by atoms with Gasteiger partial charge in [0, 0.05) is 5.41 Å². The van der Waals surface area contributed by atoms with Gasteiger partial charge in [0.1, 0.15) is 0 Å². The van der Waals surface area contributed by atoms with Gasteiger partial charge in [-0.1, -0.05) is 19.4 Å². The van der Waals surface area contributed by atoms with Gasteiger partial charge in [0.2, 0.25) is 5.24 Å². The molecule has 0 aliphatic heterocycles. The summed E-state index contributed by atoms with van der Waals surface area (Å²) in [5, 5.41) is -0.183. The van der Waals surface area contributed by atoms with Crippen LogP contribution >= 0.6 is 11.6 Å². The van der Waals surface area contributed by atoms with Crippen molar-refractivity contribution < 1.29 is 4.79 Å². The van der Waals surface area contributed by atoms with E-state index in [1.54, 1.807) is 0 Å². The van der Waals surface area contributed by atoms with Crippen LogP contribution in [0.15, 0.2) is 11.1 Å². The Morgan fingerprint density at radius 3 is 2.07 bits per heavy atom. The van der Waals surface area contributed by atoms with Crippen molar-refractivity contribution >= 4 is 16.8 Å². The first-order valence-corrected chi connectivity index (χ1v) is 5.73. The highest BCUT2D eigenvalue weighted by Gasteiger charge is 2.68. The van der Waals surface area contributed by atoms with Gasteiger partial charge in [-0.3, -0.25) is 4.79 Å². The first kappa shape index (κ1) is 10.2. The molecule has 2 saturated carbocycles. The van der Waals surface area contributed by atoms with Gasteiger partial charge >= 0.3 is 0 Å². The molecule has 2 rings (SSSR count). The molecular formula is C12H17ClO. The molecule has 0 bridgehead atoms. The van der Waals surface area contributed by atoms with E-state index < -0.39 is 0 Å². The monoisotopic (exact) mass is 212 g/mol. The van der Waals surface area contributed by atoms with Crippen molar-refractivity contribution in [2.45, 2.75) is 46.5 Å². The summed E-state index contributed by atoms with van der Waals surface area (Å²) in [6.45, 7) is 6.25. The summed E-state index contributed by atoms with van der Waals surface area (Å²) in [5.41, 5.74) is 2.48. The Hall–Kier alpha value is -0.300. The Balaban J connectivity index is 2.41. The Morgan fingerprint density at radius 1 is 1.21 bits per heavy atom. The second kappa shape index (κ2) is 2.85. The lowest BCUT2D eigenvalue weighted by Gasteiger charge is -2.05. The van der Waals surface area contributed by atoms with Gasteiger partial charge in [0.05, 0.1) is 5.41 Å². The van der Waals surface area contributed by atoms with Crippen LogP contribution in [0.2, 0.25) is 0 Å². The van der Waals surface area contributed by atoms with Crippen LogP contribution in [0.25, 0.3) is 0 Å². The predicted octanol–water partition coefficient (Wildman–Crippen LogP) is 3.67. The van der Waals surface area contributed by atoms with Crippen LogP contribution in [0.3, 0.4) is 0 Å². The van der Waals surface area contributed by atoms with E-state index in [2.05, 4.69) is 13.8 Å². The normalized spacial score (nSPS) is 34.9. The number of rotatable bonds is 1. The quantitative estimate of drug-likeness (QED) is 0.479. The summed E-state index contributed by atoms with van der Waals surface area (Å²) < 4.78 is 0. The zero-order chi connectivity index (χ0) is 10.6. The van der Waals surface area contributed by atoms with E-state index in [0.717, 1.165) is 0 Å². The molecule has 0 spiro atoms. The summed E-state index contributed by atoms with van der Waals surface area (Å²) in [6, 6.07) is 0. The second-order valence-electron chi connectivity index (χ2n) is 5.21. The molecule has 0 N–H and O–H groups in total. The Bertz CT molecular complexity index is 319. The van der Waals surface area contributed by atoms with E-state index in [0.29, 0.717) is 0 Å². The standard InChI is InChI=1S/C12H17ClO/c1-11(2)9(8-6-4-5-7-8)12(11,3)10(13)14/h4-7H2,1-3H3. The van der Waals surface area contributed by atoms with E-state index in [9.17, 15) is 4.79 Å². The molecular weight excluding hydrogens is 196 g/mol. The van der Waals surface area contributed by atoms with Crippen molar-refractivity contribution in [1.82, 2.24) is 0 Å². The molecule has 0 aromatic rings. The van der Waals surface area contributed by atoms with E-state index in [-0.39, 0.29) is 16.1 Å². The highest BCUT2D eigenvalue weighted by molar-refractivity contribution is 6.65. The van der Waals surface area contributed by atoms with E-state index in [1.165, 1.54) is 36.8 Å². The maximum atomic E-state index is 11.4. The molecule has 0 aromatic heterocycles. The third-order valence-corrected chi connectivity index (χ3v) is 4.64. The summed E-state index contributed by atoms with van der Waals surface area (Å²) in [4.78, 5) is 11.4. The average Bonchev–Trinajstić information content (AvgIpc) is 2.54. The highest BCUT2D eigenvalue weighted by atomic mass is 35.5. The molecule has 0 saturated heterocycles. The molecule has 1 unspecified atom stereocenters. The first-order valence-electron chi connectivity index (χ1n) is 5.35. The molecule has 1 atom stereocenters. The van der Waals surface area contributed by atoms with Gasteiger partial charge in [-0.15, -0.1) is 0 Å². The largest absolute Gasteiger partial charge is 0.280 e. The van der Waals surface area contributed by atoms with Crippen molar-refractivity contribution in [2.75, 3.05) is 0 Å². The third kappa shape index (κ3) is 1.05. The van der Waals surface area contributed by atoms with E-state index in [1.807, 2.05) is 6.92 Å². The maximum Gasteiger partial charge on any atom is 0.232 e. The van der Waals surface area contributed by atoms with Crippen LogP contribution in [0.1, 0.15) is 46.5 Å². The average molecular weight is 213 g/mol. The number of carbonyl (C=O) groups is 1. The molecule has 2 aliphatic rings. The molecule has 2 aliphatic carbocycles. The smallest absolute Gasteiger partial charge is 0.232 e. The van der Waals surface area contributed by atoms with Gasteiger partial charge < -0.3 is 0 Å². The fraction of sp³-hybridized carbons (Fsp3) is 0.750. The topological polar surface area (TPSA) is 17.1 Å². The molecule has 78 valence electrons. The fourth-order valence-corrected chi connectivity index (χ4v) is 3.37. The van der Waals surface area contributed by atoms with Crippen molar-refractivity contribution in [1.29, 1.82) is 0 Å². The van der Waals surface area contributed by atoms with Crippen LogP contribution in [-0.4, -0.2) is 5.24 Å². The lowest BCUT2D eigenvalue weighted by Crippen LogP contribution is -2.11. The number of hydrogen-bond donors (Lipinski definition) is 0. The van der Waals surface area contributed by atoms with Crippen molar-refractivity contribution in [3.05, 3.63) is 11.1 Å². The minimum Gasteiger partial charge on any atom is -0.280 e. The predicted molar refractivity (Wildman–Crippen MR) is 58.2 cm³/mol. The molecule has 0 aromatic carbocycles. The first-order chi connectivity index (χ1) is 6.42. The fourth-order valence-electron chi connectivity index (χ4n) is 3.03. The number of allylic oxidation sites excluding steroid dienone is 2. The molecule has 1 nitrogen and oxygen atoms in total. The number of hydrogen-bond acceptors (Lipinski definition) is 1. The van der Waals surface area contributed by atoms with Crippen LogP contribution in [0.4, 0.5) is 0 Å². The zero-order valence-electron chi connectivity index (χ0n) is 9.11. The summed E-state index contributed by atoms with van der Waals surface area (Å²) in [6.07, 6.45) is 4.92. The Morgan fingerprint density at radius 2 is 1.71 bits per heavy atom. The van der Waals surface area contributed by atoms with E-state index >= 15 is 0 Å². The zero-order valence-corrected chi connectivity index (χ0v) is 9.87. The van der Waals surface area contributed by atoms with Crippen LogP contribution in [0, 0.1) is 10.8 Å². The number of carbonyl (C=O) groups excluding carboxylic acids is 1. The SMILES string of the molecule is CC1(C)C(=C2CCCC2)C1(C)C(=O)Cl. The lowest BCUT2D eigenvalue weighted by atomic mass is 10.0. The molecule has 2 heteroatoms. The van der Waals surface area contributed by atoms with Gasteiger partial charge in [-0.25, -0.2) is 0 Å². The summed E-state index contributed by atoms with van der Waals surface area (Å²) in [7, 11) is 0. The van der Waals surface area contributed by atoms with Gasteiger partial charge in [0.15, 0.2) is 0 Å². The molecule has 0 radical (unpaired) electrons. The number of halogens is 1. The van der Waals surface area contributed by atoms with Crippen molar-refractivity contribution in [2.24, 2.45) is 10.8 Å². The highest BCUT2D eigenvalue weighted by Crippen LogP contribution is 2.71. The van der Waals surface area contributed by atoms with Gasteiger partial charge in [-0.2, -0.15) is 0 Å². The second-order valence-corrected chi connectivity index (χ2v) is 5.55. The summed E-state index contributed by atoms with van der Waals surface area (Å²) in [5.74, 6) is 0. The molecule has 2 fully saturated rings. The minimum atomic E-state index is -0.367. The molecule has 0 heterocycles. The third-order valence-electron chi connectivity index (χ3n) is 4.27. The summed E-state index contributed by atoms with van der Waals surface area (Å²) >= 11 is 5.70.